The fourth-order valence-corrected chi connectivity index (χ4v) is 2.19. The van der Waals surface area contributed by atoms with Crippen LogP contribution in [-0.4, -0.2) is 48.8 Å². The van der Waals surface area contributed by atoms with E-state index in [0.29, 0.717) is 18.9 Å². The van der Waals surface area contributed by atoms with Crippen LogP contribution in [0, 0.1) is 5.41 Å². The van der Waals surface area contributed by atoms with Crippen LogP contribution in [0.15, 0.2) is 0 Å². The lowest BCUT2D eigenvalue weighted by Gasteiger charge is -2.14. The highest BCUT2D eigenvalue weighted by Gasteiger charge is 2.48. The minimum absolute atomic E-state index is 0.0880. The zero-order chi connectivity index (χ0) is 12.7. The molecule has 98 valence electrons. The Bertz CT molecular complexity index is 279. The number of carboxylic acid groups (broad SMARTS) is 1. The van der Waals surface area contributed by atoms with Crippen LogP contribution in [0.3, 0.4) is 0 Å². The van der Waals surface area contributed by atoms with E-state index >= 15 is 0 Å². The lowest BCUT2D eigenvalue weighted by atomic mass is 10.0. The van der Waals surface area contributed by atoms with Crippen molar-refractivity contribution in [1.29, 1.82) is 0 Å². The number of carbonyl (C=O) groups excluding carboxylic acids is 1. The number of amides is 1. The number of hydrogen-bond acceptors (Lipinski definition) is 4. The van der Waals surface area contributed by atoms with Crippen LogP contribution in [-0.2, 0) is 14.3 Å². The SMILES string of the molecule is COCCC1(C(=O)NCCSCC(=O)O)CC1. The second kappa shape index (κ2) is 6.86. The summed E-state index contributed by atoms with van der Waals surface area (Å²) in [4.78, 5) is 22.1. The van der Waals surface area contributed by atoms with Gasteiger partial charge >= 0.3 is 5.97 Å². The Morgan fingerprint density at radius 2 is 2.18 bits per heavy atom. The molecule has 2 N–H and O–H groups in total. The van der Waals surface area contributed by atoms with Crippen molar-refractivity contribution in [3.63, 3.8) is 0 Å². The molecule has 0 unspecified atom stereocenters. The summed E-state index contributed by atoms with van der Waals surface area (Å²) in [5.41, 5.74) is -0.201. The van der Waals surface area contributed by atoms with E-state index in [1.165, 1.54) is 11.8 Å². The molecule has 17 heavy (non-hydrogen) atoms. The number of ether oxygens (including phenoxy) is 1. The summed E-state index contributed by atoms with van der Waals surface area (Å²) in [5.74, 6) is -0.00568. The fraction of sp³-hybridized carbons (Fsp3) is 0.818. The molecule has 6 heteroatoms. The first-order valence-electron chi connectivity index (χ1n) is 5.67. The highest BCUT2D eigenvalue weighted by Crippen LogP contribution is 2.48. The first kappa shape index (κ1) is 14.3. The van der Waals surface area contributed by atoms with E-state index in [1.807, 2.05) is 0 Å². The van der Waals surface area contributed by atoms with Gasteiger partial charge in [-0.05, 0) is 19.3 Å². The van der Waals surface area contributed by atoms with Crippen LogP contribution < -0.4 is 5.32 Å². The Morgan fingerprint density at radius 1 is 1.47 bits per heavy atom. The maximum Gasteiger partial charge on any atom is 0.313 e. The van der Waals surface area contributed by atoms with Crippen LogP contribution in [0.5, 0.6) is 0 Å². The molecule has 0 spiro atoms. The summed E-state index contributed by atoms with van der Waals surface area (Å²) in [6.07, 6.45) is 2.65. The lowest BCUT2D eigenvalue weighted by Crippen LogP contribution is -2.34. The number of hydrogen-bond donors (Lipinski definition) is 2. The average Bonchev–Trinajstić information content (AvgIpc) is 3.06. The quantitative estimate of drug-likeness (QED) is 0.599. The number of thioether (sulfide) groups is 1. The molecule has 1 aliphatic rings. The van der Waals surface area contributed by atoms with Crippen molar-refractivity contribution < 1.29 is 19.4 Å². The van der Waals surface area contributed by atoms with Gasteiger partial charge in [0.1, 0.15) is 0 Å². The molecule has 0 aromatic heterocycles. The molecule has 1 saturated carbocycles. The van der Waals surface area contributed by atoms with E-state index in [9.17, 15) is 9.59 Å². The Morgan fingerprint density at radius 3 is 2.71 bits per heavy atom. The molecular weight excluding hydrogens is 242 g/mol. The molecule has 1 amide bonds. The van der Waals surface area contributed by atoms with Crippen molar-refractivity contribution >= 4 is 23.6 Å². The van der Waals surface area contributed by atoms with Gasteiger partial charge in [0.25, 0.3) is 0 Å². The summed E-state index contributed by atoms with van der Waals surface area (Å²) < 4.78 is 4.99. The largest absolute Gasteiger partial charge is 0.481 e. The highest BCUT2D eigenvalue weighted by molar-refractivity contribution is 7.99. The van der Waals surface area contributed by atoms with E-state index in [1.54, 1.807) is 7.11 Å². The molecule has 0 heterocycles. The smallest absolute Gasteiger partial charge is 0.313 e. The molecule has 1 fully saturated rings. The molecule has 1 rings (SSSR count). The predicted octanol–water partition coefficient (Wildman–Crippen LogP) is 0.737. The summed E-state index contributed by atoms with van der Waals surface area (Å²) in [5, 5.41) is 11.3. The fourth-order valence-electron chi connectivity index (χ4n) is 1.62. The lowest BCUT2D eigenvalue weighted by molar-refractivity contribution is -0.134. The molecule has 0 aromatic carbocycles. The molecule has 0 saturated heterocycles. The van der Waals surface area contributed by atoms with Gasteiger partial charge in [0.15, 0.2) is 0 Å². The summed E-state index contributed by atoms with van der Waals surface area (Å²) in [6, 6.07) is 0. The van der Waals surface area contributed by atoms with Crippen molar-refractivity contribution in [3.05, 3.63) is 0 Å². The Balaban J connectivity index is 2.10. The highest BCUT2D eigenvalue weighted by atomic mass is 32.2. The third-order valence-electron chi connectivity index (χ3n) is 2.88. The maximum absolute atomic E-state index is 11.8. The van der Waals surface area contributed by atoms with Crippen molar-refractivity contribution in [1.82, 2.24) is 5.32 Å². The zero-order valence-corrected chi connectivity index (χ0v) is 10.8. The van der Waals surface area contributed by atoms with E-state index in [4.69, 9.17) is 9.84 Å². The molecule has 0 radical (unpaired) electrons. The Hall–Kier alpha value is -0.750. The molecule has 0 aliphatic heterocycles. The van der Waals surface area contributed by atoms with E-state index in [-0.39, 0.29) is 17.1 Å². The summed E-state index contributed by atoms with van der Waals surface area (Å²) in [7, 11) is 1.64. The summed E-state index contributed by atoms with van der Waals surface area (Å²) >= 11 is 1.31. The van der Waals surface area contributed by atoms with Gasteiger partial charge in [-0.25, -0.2) is 0 Å². The number of aliphatic carboxylic acids is 1. The van der Waals surface area contributed by atoms with Gasteiger partial charge in [-0.3, -0.25) is 9.59 Å². The van der Waals surface area contributed by atoms with Crippen molar-refractivity contribution in [2.24, 2.45) is 5.41 Å². The van der Waals surface area contributed by atoms with Gasteiger partial charge in [-0.15, -0.1) is 11.8 Å². The predicted molar refractivity (Wildman–Crippen MR) is 66.1 cm³/mol. The van der Waals surface area contributed by atoms with Crippen LogP contribution in [0.4, 0.5) is 0 Å². The summed E-state index contributed by atoms with van der Waals surface area (Å²) in [6.45, 7) is 1.15. The van der Waals surface area contributed by atoms with E-state index in [2.05, 4.69) is 5.32 Å². The van der Waals surface area contributed by atoms with Gasteiger partial charge in [0, 0.05) is 26.0 Å². The first-order chi connectivity index (χ1) is 8.10. The minimum atomic E-state index is -0.819. The average molecular weight is 261 g/mol. The van der Waals surface area contributed by atoms with E-state index < -0.39 is 5.97 Å². The van der Waals surface area contributed by atoms with Crippen molar-refractivity contribution in [2.75, 3.05) is 31.8 Å². The molecule has 5 nitrogen and oxygen atoms in total. The van der Waals surface area contributed by atoms with Gasteiger partial charge < -0.3 is 15.2 Å². The van der Waals surface area contributed by atoms with Crippen LogP contribution in [0.2, 0.25) is 0 Å². The van der Waals surface area contributed by atoms with Crippen molar-refractivity contribution in [2.45, 2.75) is 19.3 Å². The minimum Gasteiger partial charge on any atom is -0.481 e. The van der Waals surface area contributed by atoms with Crippen LogP contribution >= 0.6 is 11.8 Å². The van der Waals surface area contributed by atoms with Gasteiger partial charge in [-0.1, -0.05) is 0 Å². The van der Waals surface area contributed by atoms with Gasteiger partial charge in [0.05, 0.1) is 11.2 Å². The number of carbonyl (C=O) groups is 2. The zero-order valence-electron chi connectivity index (χ0n) is 10.0. The normalized spacial score (nSPS) is 16.5. The third-order valence-corrected chi connectivity index (χ3v) is 3.82. The Labute approximate surface area is 105 Å². The van der Waals surface area contributed by atoms with Crippen LogP contribution in [0.25, 0.3) is 0 Å². The molecule has 0 atom stereocenters. The number of methoxy groups -OCH3 is 1. The second-order valence-electron chi connectivity index (χ2n) is 4.23. The third kappa shape index (κ3) is 4.95. The van der Waals surface area contributed by atoms with Crippen molar-refractivity contribution in [3.8, 4) is 0 Å². The molecule has 0 aromatic rings. The Kier molecular flexibility index (Phi) is 5.77. The number of carboxylic acids is 1. The number of nitrogens with one attached hydrogen (secondary N) is 1. The molecule has 1 aliphatic carbocycles. The van der Waals surface area contributed by atoms with Crippen LogP contribution in [0.1, 0.15) is 19.3 Å². The molecule has 0 bridgehead atoms. The standard InChI is InChI=1S/C11H19NO4S/c1-16-6-4-11(2-3-11)10(15)12-5-7-17-8-9(13)14/h2-8H2,1H3,(H,12,15)(H,13,14). The van der Waals surface area contributed by atoms with Gasteiger partial charge in [-0.2, -0.15) is 0 Å². The maximum atomic E-state index is 11.8. The second-order valence-corrected chi connectivity index (χ2v) is 5.33. The van der Waals surface area contributed by atoms with Gasteiger partial charge in [0.2, 0.25) is 5.91 Å². The number of rotatable bonds is 9. The van der Waals surface area contributed by atoms with E-state index in [0.717, 1.165) is 19.3 Å². The topological polar surface area (TPSA) is 75.6 Å². The molecular formula is C11H19NO4S. The monoisotopic (exact) mass is 261 g/mol. The first-order valence-corrected chi connectivity index (χ1v) is 6.83.